The summed E-state index contributed by atoms with van der Waals surface area (Å²) in [7, 11) is -3.64. The Labute approximate surface area is 135 Å². The van der Waals surface area contributed by atoms with Gasteiger partial charge in [-0.3, -0.25) is 0 Å². The van der Waals surface area contributed by atoms with Crippen LogP contribution in [0.15, 0.2) is 59.8 Å². The molecule has 0 aliphatic heterocycles. The molecule has 1 aromatic heterocycles. The Bertz CT molecular complexity index is 903. The summed E-state index contributed by atoms with van der Waals surface area (Å²) in [6, 6.07) is 12.3. The number of benzene rings is 2. The summed E-state index contributed by atoms with van der Waals surface area (Å²) in [4.78, 5) is 0.216. The van der Waals surface area contributed by atoms with Crippen molar-refractivity contribution in [3.05, 3.63) is 54.9 Å². The van der Waals surface area contributed by atoms with Crippen LogP contribution >= 0.6 is 0 Å². The van der Waals surface area contributed by atoms with Gasteiger partial charge < -0.3 is 4.74 Å². The first kappa shape index (κ1) is 15.6. The molecule has 0 bridgehead atoms. The van der Waals surface area contributed by atoms with Gasteiger partial charge in [-0.15, -0.1) is 0 Å². The molecule has 0 atom stereocenters. The van der Waals surface area contributed by atoms with Gasteiger partial charge in [0.1, 0.15) is 5.75 Å². The van der Waals surface area contributed by atoms with Crippen LogP contribution in [-0.2, 0) is 10.0 Å². The topological polar surface area (TPSA) is 61.2 Å². The third kappa shape index (κ3) is 3.22. The molecule has 0 amide bonds. The minimum atomic E-state index is -3.64. The molecule has 3 aromatic rings. The maximum absolute atomic E-state index is 12.5. The number of hydrogen-bond donors (Lipinski definition) is 0. The standard InChI is InChI=1S/C17H18N2O3S/c1-2-3-11-22-16-7-5-15-13-17(8-6-14(15)12-16)23(20,21)19-10-4-9-18-19/h4-10,12-13H,2-3,11H2,1H3. The van der Waals surface area contributed by atoms with Crippen LogP contribution in [-0.4, -0.2) is 24.2 Å². The highest BCUT2D eigenvalue weighted by molar-refractivity contribution is 7.89. The van der Waals surface area contributed by atoms with Crippen LogP contribution in [0.5, 0.6) is 5.75 Å². The average molecular weight is 330 g/mol. The molecule has 0 spiro atoms. The number of fused-ring (bicyclic) bond motifs is 1. The van der Waals surface area contributed by atoms with Crippen LogP contribution in [0.1, 0.15) is 19.8 Å². The molecule has 120 valence electrons. The van der Waals surface area contributed by atoms with Crippen molar-refractivity contribution in [1.82, 2.24) is 9.19 Å². The van der Waals surface area contributed by atoms with Crippen molar-refractivity contribution in [3.63, 3.8) is 0 Å². The van der Waals surface area contributed by atoms with E-state index in [1.807, 2.05) is 18.2 Å². The largest absolute Gasteiger partial charge is 0.494 e. The molecule has 5 nitrogen and oxygen atoms in total. The van der Waals surface area contributed by atoms with E-state index in [1.165, 1.54) is 12.4 Å². The SMILES string of the molecule is CCCCOc1ccc2cc(S(=O)(=O)n3cccn3)ccc2c1. The minimum absolute atomic E-state index is 0.216. The number of unbranched alkanes of at least 4 members (excludes halogenated alkanes) is 1. The molecule has 0 saturated heterocycles. The van der Waals surface area contributed by atoms with E-state index in [4.69, 9.17) is 4.74 Å². The molecule has 0 aliphatic carbocycles. The maximum atomic E-state index is 12.5. The molecule has 1 heterocycles. The van der Waals surface area contributed by atoms with Crippen molar-refractivity contribution in [1.29, 1.82) is 0 Å². The van der Waals surface area contributed by atoms with Gasteiger partial charge in [0.2, 0.25) is 0 Å². The monoisotopic (exact) mass is 330 g/mol. The van der Waals surface area contributed by atoms with E-state index in [0.29, 0.717) is 6.61 Å². The van der Waals surface area contributed by atoms with Gasteiger partial charge in [0.15, 0.2) is 0 Å². The van der Waals surface area contributed by atoms with E-state index in [1.54, 1.807) is 24.3 Å². The fourth-order valence-electron chi connectivity index (χ4n) is 2.29. The molecule has 2 aromatic carbocycles. The molecule has 0 fully saturated rings. The third-order valence-corrected chi connectivity index (χ3v) is 5.13. The van der Waals surface area contributed by atoms with Crippen LogP contribution in [0.2, 0.25) is 0 Å². The number of ether oxygens (including phenoxy) is 1. The second-order valence-corrected chi connectivity index (χ2v) is 7.05. The van der Waals surface area contributed by atoms with Crippen molar-refractivity contribution in [2.24, 2.45) is 0 Å². The van der Waals surface area contributed by atoms with Crippen molar-refractivity contribution in [3.8, 4) is 5.75 Å². The lowest BCUT2D eigenvalue weighted by molar-refractivity contribution is 0.310. The van der Waals surface area contributed by atoms with Crippen LogP contribution in [0.3, 0.4) is 0 Å². The highest BCUT2D eigenvalue weighted by Crippen LogP contribution is 2.24. The van der Waals surface area contributed by atoms with Gasteiger partial charge in [-0.2, -0.15) is 17.6 Å². The van der Waals surface area contributed by atoms with Crippen LogP contribution in [0.25, 0.3) is 10.8 Å². The molecule has 23 heavy (non-hydrogen) atoms. The van der Waals surface area contributed by atoms with E-state index in [9.17, 15) is 8.42 Å². The maximum Gasteiger partial charge on any atom is 0.282 e. The molecular formula is C17H18N2O3S. The first-order valence-electron chi connectivity index (χ1n) is 7.53. The van der Waals surface area contributed by atoms with E-state index >= 15 is 0 Å². The first-order chi connectivity index (χ1) is 11.1. The van der Waals surface area contributed by atoms with Gasteiger partial charge in [0, 0.05) is 6.20 Å². The number of nitrogens with zero attached hydrogens (tertiary/aromatic N) is 2. The molecule has 6 heteroatoms. The number of hydrogen-bond acceptors (Lipinski definition) is 4. The summed E-state index contributed by atoms with van der Waals surface area (Å²) < 4.78 is 31.6. The van der Waals surface area contributed by atoms with Crippen LogP contribution in [0, 0.1) is 0 Å². The Balaban J connectivity index is 1.93. The lowest BCUT2D eigenvalue weighted by Crippen LogP contribution is -2.13. The summed E-state index contributed by atoms with van der Waals surface area (Å²) in [5.41, 5.74) is 0. The van der Waals surface area contributed by atoms with Crippen LogP contribution < -0.4 is 4.74 Å². The quantitative estimate of drug-likeness (QED) is 0.650. The van der Waals surface area contributed by atoms with Gasteiger partial charge in [0.25, 0.3) is 10.0 Å². The van der Waals surface area contributed by atoms with Gasteiger partial charge >= 0.3 is 0 Å². The summed E-state index contributed by atoms with van der Waals surface area (Å²) >= 11 is 0. The second kappa shape index (κ2) is 6.42. The van der Waals surface area contributed by atoms with Crippen molar-refractivity contribution in [2.75, 3.05) is 6.61 Å². The summed E-state index contributed by atoms with van der Waals surface area (Å²) in [5.74, 6) is 0.800. The Morgan fingerprint density at radius 3 is 2.65 bits per heavy atom. The fourth-order valence-corrected chi connectivity index (χ4v) is 3.43. The molecule has 3 rings (SSSR count). The smallest absolute Gasteiger partial charge is 0.282 e. The number of rotatable bonds is 6. The summed E-state index contributed by atoms with van der Waals surface area (Å²) in [6.07, 6.45) is 4.96. The Morgan fingerprint density at radius 1 is 1.13 bits per heavy atom. The molecule has 0 N–H and O–H groups in total. The molecule has 0 saturated carbocycles. The van der Waals surface area contributed by atoms with E-state index in [-0.39, 0.29) is 4.90 Å². The number of aromatic nitrogens is 2. The molecule has 0 unspecified atom stereocenters. The lowest BCUT2D eigenvalue weighted by atomic mass is 10.1. The highest BCUT2D eigenvalue weighted by atomic mass is 32.2. The van der Waals surface area contributed by atoms with Gasteiger partial charge in [-0.1, -0.05) is 25.5 Å². The zero-order valence-corrected chi connectivity index (χ0v) is 13.7. The second-order valence-electron chi connectivity index (χ2n) is 5.26. The zero-order valence-electron chi connectivity index (χ0n) is 12.8. The van der Waals surface area contributed by atoms with Gasteiger partial charge in [-0.05, 0) is 47.5 Å². The molecule has 0 aliphatic rings. The van der Waals surface area contributed by atoms with Crippen LogP contribution in [0.4, 0.5) is 0 Å². The summed E-state index contributed by atoms with van der Waals surface area (Å²) in [5, 5.41) is 5.60. The van der Waals surface area contributed by atoms with E-state index in [0.717, 1.165) is 33.5 Å². The normalized spacial score (nSPS) is 11.7. The Morgan fingerprint density at radius 2 is 1.91 bits per heavy atom. The van der Waals surface area contributed by atoms with E-state index < -0.39 is 10.0 Å². The van der Waals surface area contributed by atoms with Crippen molar-refractivity contribution in [2.45, 2.75) is 24.7 Å². The van der Waals surface area contributed by atoms with Crippen molar-refractivity contribution < 1.29 is 13.2 Å². The first-order valence-corrected chi connectivity index (χ1v) is 8.97. The molecular weight excluding hydrogens is 312 g/mol. The lowest BCUT2D eigenvalue weighted by Gasteiger charge is -2.08. The fraction of sp³-hybridized carbons (Fsp3) is 0.235. The van der Waals surface area contributed by atoms with E-state index in [2.05, 4.69) is 12.0 Å². The average Bonchev–Trinajstić information content (AvgIpc) is 3.10. The zero-order chi connectivity index (χ0) is 16.3. The minimum Gasteiger partial charge on any atom is -0.494 e. The van der Waals surface area contributed by atoms with Gasteiger partial charge in [0.05, 0.1) is 17.7 Å². The Kier molecular flexibility index (Phi) is 4.34. The van der Waals surface area contributed by atoms with Gasteiger partial charge in [-0.25, -0.2) is 0 Å². The molecule has 0 radical (unpaired) electrons. The van der Waals surface area contributed by atoms with Crippen molar-refractivity contribution >= 4 is 20.8 Å². The third-order valence-electron chi connectivity index (χ3n) is 3.57. The predicted octanol–water partition coefficient (Wildman–Crippen LogP) is 3.45. The summed E-state index contributed by atoms with van der Waals surface area (Å²) in [6.45, 7) is 2.80. The predicted molar refractivity (Wildman–Crippen MR) is 89.2 cm³/mol. The highest BCUT2D eigenvalue weighted by Gasteiger charge is 2.17. The Hall–Kier alpha value is -2.34.